The zero-order valence-corrected chi connectivity index (χ0v) is 17.2. The number of ether oxygens (including phenoxy) is 5. The number of benzene rings is 2. The van der Waals surface area contributed by atoms with Crippen molar-refractivity contribution in [3.05, 3.63) is 70.3 Å². The molecule has 30 heavy (non-hydrogen) atoms. The van der Waals surface area contributed by atoms with E-state index in [1.165, 1.54) is 21.3 Å². The van der Waals surface area contributed by atoms with Crippen molar-refractivity contribution in [1.82, 2.24) is 0 Å². The Morgan fingerprint density at radius 3 is 2.17 bits per heavy atom. The summed E-state index contributed by atoms with van der Waals surface area (Å²) in [4.78, 5) is 25.6. The summed E-state index contributed by atoms with van der Waals surface area (Å²) in [6.07, 6.45) is -0.442. The minimum absolute atomic E-state index is 0.153. The van der Waals surface area contributed by atoms with Crippen LogP contribution < -0.4 is 9.47 Å². The third-order valence-electron chi connectivity index (χ3n) is 5.62. The second-order valence-electron chi connectivity index (χ2n) is 7.05. The van der Waals surface area contributed by atoms with Gasteiger partial charge in [-0.25, -0.2) is 9.59 Å². The summed E-state index contributed by atoms with van der Waals surface area (Å²) in [5.74, 6) is -0.250. The highest BCUT2D eigenvalue weighted by molar-refractivity contribution is 6.05. The number of fused-ring (bicyclic) bond motifs is 5. The molecule has 0 radical (unpaired) electrons. The van der Waals surface area contributed by atoms with Gasteiger partial charge in [-0.1, -0.05) is 30.3 Å². The van der Waals surface area contributed by atoms with Gasteiger partial charge in [-0.3, -0.25) is 0 Å². The van der Waals surface area contributed by atoms with Crippen molar-refractivity contribution in [2.24, 2.45) is 0 Å². The van der Waals surface area contributed by atoms with E-state index >= 15 is 0 Å². The highest BCUT2D eigenvalue weighted by atomic mass is 16.6. The third kappa shape index (κ3) is 2.77. The van der Waals surface area contributed by atoms with Crippen LogP contribution in [-0.2, 0) is 35.8 Å². The van der Waals surface area contributed by atoms with Gasteiger partial charge in [0.1, 0.15) is 11.7 Å². The summed E-state index contributed by atoms with van der Waals surface area (Å²) in [5.41, 5.74) is 1.51. The second kappa shape index (κ2) is 7.50. The van der Waals surface area contributed by atoms with E-state index in [2.05, 4.69) is 0 Å². The smallest absolute Gasteiger partial charge is 0.337 e. The molecular weight excluding hydrogens is 388 g/mol. The summed E-state index contributed by atoms with van der Waals surface area (Å²) in [7, 11) is 5.63. The van der Waals surface area contributed by atoms with E-state index in [1.807, 2.05) is 30.3 Å². The lowest BCUT2D eigenvalue weighted by Crippen LogP contribution is -2.34. The van der Waals surface area contributed by atoms with Crippen LogP contribution in [0.5, 0.6) is 11.5 Å². The molecule has 7 nitrogen and oxygen atoms in total. The van der Waals surface area contributed by atoms with E-state index in [-0.39, 0.29) is 11.1 Å². The van der Waals surface area contributed by atoms with Gasteiger partial charge in [0.25, 0.3) is 0 Å². The highest BCUT2D eigenvalue weighted by Crippen LogP contribution is 2.61. The number of esters is 2. The molecule has 2 aromatic rings. The van der Waals surface area contributed by atoms with Crippen LogP contribution in [-0.4, -0.2) is 40.4 Å². The molecule has 0 amide bonds. The normalized spacial score (nSPS) is 21.3. The van der Waals surface area contributed by atoms with E-state index in [0.29, 0.717) is 17.9 Å². The van der Waals surface area contributed by atoms with Gasteiger partial charge in [-0.05, 0) is 28.8 Å². The molecule has 0 saturated carbocycles. The lowest BCUT2D eigenvalue weighted by molar-refractivity contribution is -0.140. The zero-order valence-electron chi connectivity index (χ0n) is 17.2. The summed E-state index contributed by atoms with van der Waals surface area (Å²) in [5, 5.41) is 0. The minimum atomic E-state index is -1.21. The molecule has 2 heterocycles. The standard InChI is InChI=1S/C23H22O7/c1-26-16-10-14-15(11-17(16)27-2)23(12-13-8-6-5-7-9-13)19(22(25)29-4)18(20(14)30-23)21(24)28-3/h5-11,20H,12H2,1-4H3/t20-,23+/m1/s1. The number of hydrogen-bond donors (Lipinski definition) is 0. The lowest BCUT2D eigenvalue weighted by Gasteiger charge is -2.30. The third-order valence-corrected chi connectivity index (χ3v) is 5.62. The SMILES string of the molecule is COC(=O)C1=C(C(=O)OC)[C@@]2(Cc3ccccc3)O[C@@H]1c1cc(OC)c(OC)cc12. The van der Waals surface area contributed by atoms with Crippen molar-refractivity contribution in [3.8, 4) is 11.5 Å². The first-order valence-corrected chi connectivity index (χ1v) is 9.40. The Balaban J connectivity index is 2.00. The molecule has 2 bridgehead atoms. The Kier molecular flexibility index (Phi) is 4.99. The van der Waals surface area contributed by atoms with Crippen LogP contribution in [0.25, 0.3) is 0 Å². The Bertz CT molecular complexity index is 1040. The predicted molar refractivity (Wildman–Crippen MR) is 106 cm³/mol. The predicted octanol–water partition coefficient (Wildman–Crippen LogP) is 2.87. The van der Waals surface area contributed by atoms with Gasteiger partial charge >= 0.3 is 11.9 Å². The van der Waals surface area contributed by atoms with Gasteiger partial charge in [0.05, 0.1) is 39.6 Å². The molecule has 2 aromatic carbocycles. The molecule has 0 aliphatic carbocycles. The highest BCUT2D eigenvalue weighted by Gasteiger charge is 2.60. The van der Waals surface area contributed by atoms with Crippen LogP contribution in [0, 0.1) is 0 Å². The van der Waals surface area contributed by atoms with Crippen molar-refractivity contribution in [3.63, 3.8) is 0 Å². The molecule has 2 aliphatic heterocycles. The van der Waals surface area contributed by atoms with Crippen LogP contribution in [0.1, 0.15) is 22.8 Å². The number of hydrogen-bond acceptors (Lipinski definition) is 7. The summed E-state index contributed by atoms with van der Waals surface area (Å²) in [6, 6.07) is 13.2. The van der Waals surface area contributed by atoms with Crippen molar-refractivity contribution in [2.75, 3.05) is 28.4 Å². The molecule has 0 N–H and O–H groups in total. The fourth-order valence-electron chi connectivity index (χ4n) is 4.35. The van der Waals surface area contributed by atoms with Gasteiger partial charge < -0.3 is 23.7 Å². The van der Waals surface area contributed by atoms with Gasteiger partial charge in [0.15, 0.2) is 11.5 Å². The molecule has 4 rings (SSSR count). The van der Waals surface area contributed by atoms with E-state index in [1.54, 1.807) is 19.2 Å². The zero-order chi connectivity index (χ0) is 21.5. The first kappa shape index (κ1) is 20.0. The van der Waals surface area contributed by atoms with Crippen molar-refractivity contribution in [2.45, 2.75) is 18.1 Å². The van der Waals surface area contributed by atoms with Crippen LogP contribution in [0.15, 0.2) is 53.6 Å². The molecule has 0 unspecified atom stereocenters. The van der Waals surface area contributed by atoms with Crippen molar-refractivity contribution in [1.29, 1.82) is 0 Å². The number of carbonyl (C=O) groups excluding carboxylic acids is 2. The number of methoxy groups -OCH3 is 4. The molecule has 0 aromatic heterocycles. The summed E-state index contributed by atoms with van der Waals surface area (Å²) in [6.45, 7) is 0. The van der Waals surface area contributed by atoms with Crippen LogP contribution in [0.4, 0.5) is 0 Å². The van der Waals surface area contributed by atoms with E-state index < -0.39 is 23.6 Å². The summed E-state index contributed by atoms with van der Waals surface area (Å²) < 4.78 is 27.4. The van der Waals surface area contributed by atoms with E-state index in [9.17, 15) is 9.59 Å². The molecule has 0 spiro atoms. The van der Waals surface area contributed by atoms with E-state index in [0.717, 1.165) is 16.7 Å². The fourth-order valence-corrected chi connectivity index (χ4v) is 4.35. The lowest BCUT2D eigenvalue weighted by atomic mass is 9.74. The molecule has 156 valence electrons. The van der Waals surface area contributed by atoms with Crippen LogP contribution >= 0.6 is 0 Å². The van der Waals surface area contributed by atoms with E-state index in [4.69, 9.17) is 23.7 Å². The monoisotopic (exact) mass is 410 g/mol. The van der Waals surface area contributed by atoms with Crippen molar-refractivity contribution >= 4 is 11.9 Å². The first-order valence-electron chi connectivity index (χ1n) is 9.40. The molecule has 0 saturated heterocycles. The number of carbonyl (C=O) groups is 2. The Morgan fingerprint density at radius 2 is 1.57 bits per heavy atom. The topological polar surface area (TPSA) is 80.3 Å². The van der Waals surface area contributed by atoms with Crippen LogP contribution in [0.3, 0.4) is 0 Å². The molecule has 7 heteroatoms. The fraction of sp³-hybridized carbons (Fsp3) is 0.304. The molecule has 2 aliphatic rings. The summed E-state index contributed by atoms with van der Waals surface area (Å²) >= 11 is 0. The maximum Gasteiger partial charge on any atom is 0.337 e. The van der Waals surface area contributed by atoms with Gasteiger partial charge in [-0.15, -0.1) is 0 Å². The average Bonchev–Trinajstić information content (AvgIpc) is 3.28. The molecule has 2 atom stereocenters. The maximum atomic E-state index is 12.9. The minimum Gasteiger partial charge on any atom is -0.493 e. The quantitative estimate of drug-likeness (QED) is 0.678. The van der Waals surface area contributed by atoms with Gasteiger partial charge in [-0.2, -0.15) is 0 Å². The maximum absolute atomic E-state index is 12.9. The van der Waals surface area contributed by atoms with Gasteiger partial charge in [0, 0.05) is 6.42 Å². The molecule has 0 fully saturated rings. The Morgan fingerprint density at radius 1 is 0.933 bits per heavy atom. The van der Waals surface area contributed by atoms with Crippen LogP contribution in [0.2, 0.25) is 0 Å². The Labute approximate surface area is 174 Å². The Hall–Kier alpha value is -3.32. The van der Waals surface area contributed by atoms with Gasteiger partial charge in [0.2, 0.25) is 0 Å². The largest absolute Gasteiger partial charge is 0.493 e. The average molecular weight is 410 g/mol. The first-order chi connectivity index (χ1) is 14.5. The molecular formula is C23H22O7. The second-order valence-corrected chi connectivity index (χ2v) is 7.05. The number of rotatable bonds is 6. The van der Waals surface area contributed by atoms with Crippen molar-refractivity contribution < 1.29 is 33.3 Å².